The SMILES string of the molecule is CCCCOCCCNC(=O)c1cnc(NC)c(Cl)c1. The van der Waals surface area contributed by atoms with Crippen LogP contribution < -0.4 is 10.6 Å². The summed E-state index contributed by atoms with van der Waals surface area (Å²) in [4.78, 5) is 15.9. The number of anilines is 1. The number of unbranched alkanes of at least 4 members (excludes halogenated alkanes) is 1. The van der Waals surface area contributed by atoms with Crippen molar-refractivity contribution in [3.05, 3.63) is 22.8 Å². The third kappa shape index (κ3) is 5.75. The molecular formula is C14H22ClN3O2. The van der Waals surface area contributed by atoms with E-state index in [-0.39, 0.29) is 5.91 Å². The Morgan fingerprint density at radius 1 is 1.40 bits per heavy atom. The second-order valence-electron chi connectivity index (χ2n) is 4.38. The molecule has 20 heavy (non-hydrogen) atoms. The summed E-state index contributed by atoms with van der Waals surface area (Å²) < 4.78 is 5.42. The number of hydrogen-bond donors (Lipinski definition) is 2. The smallest absolute Gasteiger partial charge is 0.252 e. The molecule has 1 aromatic rings. The summed E-state index contributed by atoms with van der Waals surface area (Å²) in [6.07, 6.45) is 4.51. The van der Waals surface area contributed by atoms with Gasteiger partial charge in [-0.25, -0.2) is 4.98 Å². The van der Waals surface area contributed by atoms with E-state index in [0.717, 1.165) is 25.9 Å². The van der Waals surface area contributed by atoms with Crippen LogP contribution in [0.25, 0.3) is 0 Å². The summed E-state index contributed by atoms with van der Waals surface area (Å²) in [5.74, 6) is 0.392. The number of rotatable bonds is 9. The highest BCUT2D eigenvalue weighted by Crippen LogP contribution is 2.19. The van der Waals surface area contributed by atoms with Crippen molar-refractivity contribution in [2.45, 2.75) is 26.2 Å². The Kier molecular flexibility index (Phi) is 7.99. The molecule has 1 heterocycles. The molecule has 0 saturated carbocycles. The minimum absolute atomic E-state index is 0.171. The molecule has 0 aromatic carbocycles. The topological polar surface area (TPSA) is 63.2 Å². The number of hydrogen-bond acceptors (Lipinski definition) is 4. The van der Waals surface area contributed by atoms with Crippen molar-refractivity contribution < 1.29 is 9.53 Å². The van der Waals surface area contributed by atoms with Crippen LogP contribution in [0.4, 0.5) is 5.82 Å². The molecule has 0 fully saturated rings. The third-order valence-corrected chi connectivity index (χ3v) is 3.02. The van der Waals surface area contributed by atoms with E-state index >= 15 is 0 Å². The van der Waals surface area contributed by atoms with Crippen LogP contribution in [-0.4, -0.2) is 37.7 Å². The van der Waals surface area contributed by atoms with Crippen molar-refractivity contribution in [2.24, 2.45) is 0 Å². The van der Waals surface area contributed by atoms with Crippen LogP contribution in [0, 0.1) is 0 Å². The molecule has 0 aliphatic heterocycles. The lowest BCUT2D eigenvalue weighted by atomic mass is 10.2. The van der Waals surface area contributed by atoms with Crippen LogP contribution in [-0.2, 0) is 4.74 Å². The highest BCUT2D eigenvalue weighted by molar-refractivity contribution is 6.33. The van der Waals surface area contributed by atoms with E-state index in [1.165, 1.54) is 6.20 Å². The molecule has 0 aliphatic carbocycles. The normalized spacial score (nSPS) is 10.3. The van der Waals surface area contributed by atoms with Crippen molar-refractivity contribution in [1.29, 1.82) is 0 Å². The Morgan fingerprint density at radius 3 is 2.80 bits per heavy atom. The summed E-state index contributed by atoms with van der Waals surface area (Å²) in [7, 11) is 1.73. The van der Waals surface area contributed by atoms with E-state index in [2.05, 4.69) is 22.5 Å². The van der Waals surface area contributed by atoms with E-state index in [1.807, 2.05) is 0 Å². The molecular weight excluding hydrogens is 278 g/mol. The summed E-state index contributed by atoms with van der Waals surface area (Å²) in [6.45, 7) is 4.16. The van der Waals surface area contributed by atoms with Crippen LogP contribution in [0.3, 0.4) is 0 Å². The van der Waals surface area contributed by atoms with Gasteiger partial charge >= 0.3 is 0 Å². The van der Waals surface area contributed by atoms with E-state index in [9.17, 15) is 4.79 Å². The first-order valence-corrected chi connectivity index (χ1v) is 7.26. The molecule has 0 saturated heterocycles. The number of carbonyl (C=O) groups is 1. The van der Waals surface area contributed by atoms with Crippen molar-refractivity contribution in [1.82, 2.24) is 10.3 Å². The summed E-state index contributed by atoms with van der Waals surface area (Å²) in [6, 6.07) is 1.60. The number of nitrogens with one attached hydrogen (secondary N) is 2. The number of halogens is 1. The van der Waals surface area contributed by atoms with Crippen LogP contribution in [0.15, 0.2) is 12.3 Å². The summed E-state index contributed by atoms with van der Waals surface area (Å²) in [5, 5.41) is 6.10. The monoisotopic (exact) mass is 299 g/mol. The van der Waals surface area contributed by atoms with Gasteiger partial charge in [0.2, 0.25) is 0 Å². The zero-order valence-corrected chi connectivity index (χ0v) is 12.8. The quantitative estimate of drug-likeness (QED) is 0.688. The lowest BCUT2D eigenvalue weighted by Crippen LogP contribution is -2.25. The Balaban J connectivity index is 2.27. The third-order valence-electron chi connectivity index (χ3n) is 2.73. The summed E-state index contributed by atoms with van der Waals surface area (Å²) in [5.41, 5.74) is 0.459. The minimum atomic E-state index is -0.171. The van der Waals surface area contributed by atoms with E-state index < -0.39 is 0 Å². The largest absolute Gasteiger partial charge is 0.381 e. The average Bonchev–Trinajstić information content (AvgIpc) is 2.46. The standard InChI is InChI=1S/C14H22ClN3O2/c1-3-4-7-20-8-5-6-17-14(19)11-9-12(15)13(16-2)18-10-11/h9-10H,3-8H2,1-2H3,(H,16,18)(H,17,19). The van der Waals surface area contributed by atoms with Crippen molar-refractivity contribution in [2.75, 3.05) is 32.1 Å². The maximum Gasteiger partial charge on any atom is 0.252 e. The molecule has 0 unspecified atom stereocenters. The first-order valence-electron chi connectivity index (χ1n) is 6.88. The van der Waals surface area contributed by atoms with Crippen molar-refractivity contribution in [3.8, 4) is 0 Å². The van der Waals surface area contributed by atoms with Gasteiger partial charge in [-0.2, -0.15) is 0 Å². The average molecular weight is 300 g/mol. The Bertz CT molecular complexity index is 427. The molecule has 2 N–H and O–H groups in total. The summed E-state index contributed by atoms with van der Waals surface area (Å²) >= 11 is 5.98. The van der Waals surface area contributed by atoms with Gasteiger partial charge in [-0.05, 0) is 18.9 Å². The fraction of sp³-hybridized carbons (Fsp3) is 0.571. The number of aromatic nitrogens is 1. The maximum absolute atomic E-state index is 11.9. The maximum atomic E-state index is 11.9. The molecule has 0 radical (unpaired) electrons. The fourth-order valence-electron chi connectivity index (χ4n) is 1.57. The van der Waals surface area contributed by atoms with Gasteiger partial charge < -0.3 is 15.4 Å². The molecule has 5 nitrogen and oxygen atoms in total. The number of carbonyl (C=O) groups excluding carboxylic acids is 1. The second kappa shape index (κ2) is 9.55. The Hall–Kier alpha value is -1.33. The van der Waals surface area contributed by atoms with Gasteiger partial charge in [-0.3, -0.25) is 4.79 Å². The molecule has 6 heteroatoms. The molecule has 112 valence electrons. The first-order chi connectivity index (χ1) is 9.69. The van der Waals surface area contributed by atoms with Gasteiger partial charge in [0.1, 0.15) is 5.82 Å². The fourth-order valence-corrected chi connectivity index (χ4v) is 1.83. The van der Waals surface area contributed by atoms with Gasteiger partial charge in [0.05, 0.1) is 10.6 Å². The lowest BCUT2D eigenvalue weighted by molar-refractivity contribution is 0.0940. The first kappa shape index (κ1) is 16.7. The van der Waals surface area contributed by atoms with E-state index in [4.69, 9.17) is 16.3 Å². The molecule has 0 aliphatic rings. The van der Waals surface area contributed by atoms with Gasteiger partial charge in [0.15, 0.2) is 0 Å². The van der Waals surface area contributed by atoms with Gasteiger partial charge in [-0.1, -0.05) is 24.9 Å². The lowest BCUT2D eigenvalue weighted by Gasteiger charge is -2.07. The van der Waals surface area contributed by atoms with E-state index in [0.29, 0.717) is 29.6 Å². The van der Waals surface area contributed by atoms with E-state index in [1.54, 1.807) is 13.1 Å². The van der Waals surface area contributed by atoms with Gasteiger partial charge in [-0.15, -0.1) is 0 Å². The molecule has 0 atom stereocenters. The van der Waals surface area contributed by atoms with Crippen LogP contribution in [0.1, 0.15) is 36.5 Å². The number of pyridine rings is 1. The Labute approximate surface area is 125 Å². The van der Waals surface area contributed by atoms with Crippen LogP contribution >= 0.6 is 11.6 Å². The van der Waals surface area contributed by atoms with Gasteiger partial charge in [0.25, 0.3) is 5.91 Å². The Morgan fingerprint density at radius 2 is 2.15 bits per heavy atom. The van der Waals surface area contributed by atoms with Crippen molar-refractivity contribution in [3.63, 3.8) is 0 Å². The van der Waals surface area contributed by atoms with Crippen molar-refractivity contribution >= 4 is 23.3 Å². The molecule has 1 rings (SSSR count). The molecule has 1 amide bonds. The van der Waals surface area contributed by atoms with Crippen LogP contribution in [0.2, 0.25) is 5.02 Å². The zero-order valence-electron chi connectivity index (χ0n) is 12.0. The highest BCUT2D eigenvalue weighted by atomic mass is 35.5. The zero-order chi connectivity index (χ0) is 14.8. The van der Waals surface area contributed by atoms with Gasteiger partial charge in [0, 0.05) is 33.0 Å². The molecule has 1 aromatic heterocycles. The predicted molar refractivity (Wildman–Crippen MR) is 81.5 cm³/mol. The predicted octanol–water partition coefficient (Wildman–Crippen LogP) is 2.71. The second-order valence-corrected chi connectivity index (χ2v) is 4.79. The minimum Gasteiger partial charge on any atom is -0.381 e. The number of ether oxygens (including phenoxy) is 1. The highest BCUT2D eigenvalue weighted by Gasteiger charge is 2.08. The molecule has 0 spiro atoms. The molecule has 0 bridgehead atoms. The number of nitrogens with zero attached hydrogens (tertiary/aromatic N) is 1. The number of amides is 1. The van der Waals surface area contributed by atoms with Crippen LogP contribution in [0.5, 0.6) is 0 Å².